The van der Waals surface area contributed by atoms with Crippen LogP contribution in [0.1, 0.15) is 5.56 Å². The molecule has 1 fully saturated rings. The maximum Gasteiger partial charge on any atom is 0.247 e. The molecule has 0 spiro atoms. The van der Waals surface area contributed by atoms with Crippen molar-refractivity contribution in [1.29, 1.82) is 0 Å². The van der Waals surface area contributed by atoms with Gasteiger partial charge in [0, 0.05) is 31.9 Å². The smallest absolute Gasteiger partial charge is 0.247 e. The van der Waals surface area contributed by atoms with Gasteiger partial charge in [-0.05, 0) is 18.6 Å². The van der Waals surface area contributed by atoms with Crippen LogP contribution in [0.5, 0.6) is 0 Å². The highest BCUT2D eigenvalue weighted by Crippen LogP contribution is 2.19. The minimum absolute atomic E-state index is 0.587. The molecule has 0 bridgehead atoms. The number of hydrogen-bond donors (Lipinski definition) is 1. The van der Waals surface area contributed by atoms with Crippen molar-refractivity contribution in [3.63, 3.8) is 0 Å². The highest BCUT2D eigenvalue weighted by atomic mass is 16.1. The van der Waals surface area contributed by atoms with E-state index in [1.165, 1.54) is 0 Å². The monoisotopic (exact) mass is 298 g/mol. The van der Waals surface area contributed by atoms with Crippen molar-refractivity contribution in [2.75, 3.05) is 36.4 Å². The third-order valence-electron chi connectivity index (χ3n) is 3.70. The summed E-state index contributed by atoms with van der Waals surface area (Å²) in [5.74, 6) is 1.25. The Morgan fingerprint density at radius 1 is 1.18 bits per heavy atom. The number of nitrogens with zero attached hydrogens (tertiary/aromatic N) is 5. The van der Waals surface area contributed by atoms with E-state index in [0.29, 0.717) is 37.9 Å². The van der Waals surface area contributed by atoms with Crippen LogP contribution in [0.2, 0.25) is 0 Å². The van der Waals surface area contributed by atoms with Crippen molar-refractivity contribution in [2.45, 2.75) is 6.92 Å². The summed E-state index contributed by atoms with van der Waals surface area (Å²) < 4.78 is 0. The predicted molar refractivity (Wildman–Crippen MR) is 84.1 cm³/mol. The molecule has 1 aromatic heterocycles. The summed E-state index contributed by atoms with van der Waals surface area (Å²) in [4.78, 5) is 19.1. The molecule has 0 saturated carbocycles. The summed E-state index contributed by atoms with van der Waals surface area (Å²) in [7, 11) is 0. The van der Waals surface area contributed by atoms with Gasteiger partial charge in [-0.3, -0.25) is 4.79 Å². The highest BCUT2D eigenvalue weighted by molar-refractivity contribution is 5.60. The third kappa shape index (κ3) is 3.13. The fourth-order valence-electron chi connectivity index (χ4n) is 2.37. The lowest BCUT2D eigenvalue weighted by Gasteiger charge is -2.32. The van der Waals surface area contributed by atoms with Crippen molar-refractivity contribution in [2.24, 2.45) is 0 Å². The molecule has 2 aromatic rings. The van der Waals surface area contributed by atoms with E-state index in [4.69, 9.17) is 0 Å². The molecule has 1 aliphatic rings. The van der Waals surface area contributed by atoms with E-state index >= 15 is 0 Å². The van der Waals surface area contributed by atoms with Gasteiger partial charge in [-0.1, -0.05) is 18.2 Å². The molecule has 3 rings (SSSR count). The normalized spacial score (nSPS) is 14.8. The number of amides is 1. The van der Waals surface area contributed by atoms with E-state index in [2.05, 4.69) is 20.5 Å². The molecule has 7 nitrogen and oxygen atoms in total. The number of aromatic nitrogens is 3. The van der Waals surface area contributed by atoms with Gasteiger partial charge in [0.05, 0.1) is 6.20 Å². The second kappa shape index (κ2) is 6.38. The molecule has 2 heterocycles. The lowest BCUT2D eigenvalue weighted by Crippen LogP contribution is -2.46. The van der Waals surface area contributed by atoms with E-state index in [0.717, 1.165) is 17.7 Å². The van der Waals surface area contributed by atoms with Crippen LogP contribution in [0.3, 0.4) is 0 Å². The summed E-state index contributed by atoms with van der Waals surface area (Å²) in [6.45, 7) is 4.84. The first kappa shape index (κ1) is 14.2. The molecule has 0 unspecified atom stereocenters. The maximum absolute atomic E-state index is 10.7. The van der Waals surface area contributed by atoms with Crippen molar-refractivity contribution < 1.29 is 4.79 Å². The van der Waals surface area contributed by atoms with Gasteiger partial charge in [0.2, 0.25) is 12.4 Å². The Morgan fingerprint density at radius 2 is 1.95 bits per heavy atom. The van der Waals surface area contributed by atoms with Crippen LogP contribution in [0.4, 0.5) is 17.5 Å². The average Bonchev–Trinajstić information content (AvgIpc) is 2.57. The number of piperazine rings is 1. The second-order valence-corrected chi connectivity index (χ2v) is 5.21. The van der Waals surface area contributed by atoms with Crippen LogP contribution in [0.15, 0.2) is 30.5 Å². The van der Waals surface area contributed by atoms with Gasteiger partial charge in [-0.2, -0.15) is 10.1 Å². The van der Waals surface area contributed by atoms with Crippen LogP contribution in [0, 0.1) is 6.92 Å². The first-order valence-electron chi connectivity index (χ1n) is 7.23. The quantitative estimate of drug-likeness (QED) is 0.855. The van der Waals surface area contributed by atoms with Crippen molar-refractivity contribution in [3.05, 3.63) is 36.0 Å². The Morgan fingerprint density at radius 3 is 2.68 bits per heavy atom. The Labute approximate surface area is 129 Å². The van der Waals surface area contributed by atoms with Crippen LogP contribution in [-0.4, -0.2) is 52.7 Å². The molecule has 1 aliphatic heterocycles. The van der Waals surface area contributed by atoms with E-state index in [1.807, 2.05) is 36.1 Å². The molecule has 0 aliphatic carbocycles. The zero-order valence-corrected chi connectivity index (χ0v) is 12.4. The third-order valence-corrected chi connectivity index (χ3v) is 3.70. The van der Waals surface area contributed by atoms with Crippen LogP contribution < -0.4 is 10.2 Å². The van der Waals surface area contributed by atoms with Crippen molar-refractivity contribution >= 4 is 23.9 Å². The standard InChI is InChI=1S/C15H18N6O/c1-12-4-2-3-5-13(12)17-14-10-16-19-15(18-14)21-8-6-20(11-22)7-9-21/h2-5,10-11H,6-9H2,1H3,(H,17,18,19). The van der Waals surface area contributed by atoms with Crippen LogP contribution >= 0.6 is 0 Å². The van der Waals surface area contributed by atoms with Crippen LogP contribution in [0.25, 0.3) is 0 Å². The minimum Gasteiger partial charge on any atom is -0.342 e. The zero-order valence-electron chi connectivity index (χ0n) is 12.4. The number of carbonyl (C=O) groups excluding carboxylic acids is 1. The van der Waals surface area contributed by atoms with Crippen LogP contribution in [-0.2, 0) is 4.79 Å². The SMILES string of the molecule is Cc1ccccc1Nc1cnnc(N2CCN(C=O)CC2)n1. The van der Waals surface area contributed by atoms with E-state index < -0.39 is 0 Å². The Balaban J connectivity index is 1.73. The molecular formula is C15H18N6O. The van der Waals surface area contributed by atoms with Gasteiger partial charge in [-0.25, -0.2) is 0 Å². The van der Waals surface area contributed by atoms with Gasteiger partial charge in [0.15, 0.2) is 5.82 Å². The topological polar surface area (TPSA) is 74.2 Å². The van der Waals surface area contributed by atoms with Gasteiger partial charge >= 0.3 is 0 Å². The Kier molecular flexibility index (Phi) is 4.13. The van der Waals surface area contributed by atoms with E-state index in [1.54, 1.807) is 11.1 Å². The molecule has 0 radical (unpaired) electrons. The molecule has 1 N–H and O–H groups in total. The summed E-state index contributed by atoms with van der Waals surface area (Å²) in [5.41, 5.74) is 2.14. The number of carbonyl (C=O) groups is 1. The molecule has 114 valence electrons. The second-order valence-electron chi connectivity index (χ2n) is 5.21. The molecule has 7 heteroatoms. The zero-order chi connectivity index (χ0) is 15.4. The van der Waals surface area contributed by atoms with E-state index in [-0.39, 0.29) is 0 Å². The van der Waals surface area contributed by atoms with E-state index in [9.17, 15) is 4.79 Å². The lowest BCUT2D eigenvalue weighted by atomic mass is 10.2. The number of para-hydroxylation sites is 1. The summed E-state index contributed by atoms with van der Waals surface area (Å²) in [6, 6.07) is 8.01. The Hall–Kier alpha value is -2.70. The number of hydrogen-bond acceptors (Lipinski definition) is 6. The van der Waals surface area contributed by atoms with Gasteiger partial charge in [0.1, 0.15) is 0 Å². The Bertz CT molecular complexity index is 654. The van der Waals surface area contributed by atoms with Gasteiger partial charge in [0.25, 0.3) is 0 Å². The fraction of sp³-hybridized carbons (Fsp3) is 0.333. The summed E-state index contributed by atoms with van der Waals surface area (Å²) in [5, 5.41) is 11.4. The largest absolute Gasteiger partial charge is 0.342 e. The minimum atomic E-state index is 0.587. The first-order valence-corrected chi connectivity index (χ1v) is 7.23. The molecule has 1 aromatic carbocycles. The molecular weight excluding hydrogens is 280 g/mol. The van der Waals surface area contributed by atoms with Gasteiger partial charge in [-0.15, -0.1) is 5.10 Å². The number of anilines is 3. The fourth-order valence-corrected chi connectivity index (χ4v) is 2.37. The molecule has 0 atom stereocenters. The number of rotatable bonds is 4. The number of nitrogens with one attached hydrogen (secondary N) is 1. The first-order chi connectivity index (χ1) is 10.8. The predicted octanol–water partition coefficient (Wildman–Crippen LogP) is 1.20. The molecule has 1 amide bonds. The molecule has 1 saturated heterocycles. The average molecular weight is 298 g/mol. The summed E-state index contributed by atoms with van der Waals surface area (Å²) >= 11 is 0. The molecule has 22 heavy (non-hydrogen) atoms. The summed E-state index contributed by atoms with van der Waals surface area (Å²) in [6.07, 6.45) is 2.49. The number of aryl methyl sites for hydroxylation is 1. The maximum atomic E-state index is 10.7. The van der Waals surface area contributed by atoms with Crippen molar-refractivity contribution in [3.8, 4) is 0 Å². The number of benzene rings is 1. The highest BCUT2D eigenvalue weighted by Gasteiger charge is 2.18. The van der Waals surface area contributed by atoms with Gasteiger partial charge < -0.3 is 15.1 Å². The van der Waals surface area contributed by atoms with Crippen molar-refractivity contribution in [1.82, 2.24) is 20.1 Å². The lowest BCUT2D eigenvalue weighted by molar-refractivity contribution is -0.118.